The van der Waals surface area contributed by atoms with Gasteiger partial charge in [-0.25, -0.2) is 4.98 Å². The van der Waals surface area contributed by atoms with Crippen molar-refractivity contribution in [3.63, 3.8) is 0 Å². The number of carbonyl (C=O) groups excluding carboxylic acids is 1. The average molecular weight is 287 g/mol. The van der Waals surface area contributed by atoms with Gasteiger partial charge in [0.2, 0.25) is 0 Å². The molecule has 1 unspecified atom stereocenters. The van der Waals surface area contributed by atoms with E-state index in [0.29, 0.717) is 12.2 Å². The molecule has 3 heterocycles. The van der Waals surface area contributed by atoms with E-state index in [1.165, 1.54) is 10.6 Å². The van der Waals surface area contributed by atoms with Crippen molar-refractivity contribution in [1.82, 2.24) is 14.7 Å². The number of fused-ring (bicyclic) bond motifs is 1. The van der Waals surface area contributed by atoms with Gasteiger partial charge in [0, 0.05) is 25.5 Å². The summed E-state index contributed by atoms with van der Waals surface area (Å²) in [6.45, 7) is 1.16. The number of rotatable bonds is 3. The largest absolute Gasteiger partial charge is 0.376 e. The van der Waals surface area contributed by atoms with Crippen LogP contribution < -0.4 is 10.9 Å². The van der Waals surface area contributed by atoms with Crippen molar-refractivity contribution < 1.29 is 9.53 Å². The number of amides is 1. The molecule has 0 aliphatic carbocycles. The molecular weight excluding hydrogens is 270 g/mol. The zero-order valence-electron chi connectivity index (χ0n) is 11.6. The van der Waals surface area contributed by atoms with Gasteiger partial charge in [-0.3, -0.25) is 14.0 Å². The SMILES string of the molecule is O=C(NCC1CCCCO1)c1cnc2ccccn2c1=O. The summed E-state index contributed by atoms with van der Waals surface area (Å²) in [4.78, 5) is 28.5. The zero-order chi connectivity index (χ0) is 14.7. The molecule has 0 spiro atoms. The van der Waals surface area contributed by atoms with Crippen molar-refractivity contribution in [2.45, 2.75) is 25.4 Å². The highest BCUT2D eigenvalue weighted by atomic mass is 16.5. The Kier molecular flexibility index (Phi) is 3.96. The quantitative estimate of drug-likeness (QED) is 0.914. The molecule has 1 amide bonds. The maximum atomic E-state index is 12.3. The van der Waals surface area contributed by atoms with Crippen LogP contribution in [0.25, 0.3) is 5.65 Å². The first-order chi connectivity index (χ1) is 10.3. The maximum Gasteiger partial charge on any atom is 0.270 e. The zero-order valence-corrected chi connectivity index (χ0v) is 11.6. The predicted octanol–water partition coefficient (Wildman–Crippen LogP) is 0.993. The summed E-state index contributed by atoms with van der Waals surface area (Å²) in [7, 11) is 0. The molecule has 1 aliphatic heterocycles. The molecule has 2 aromatic heterocycles. The minimum atomic E-state index is -0.403. The van der Waals surface area contributed by atoms with Crippen molar-refractivity contribution in [3.8, 4) is 0 Å². The third kappa shape index (κ3) is 2.95. The second-order valence-corrected chi connectivity index (χ2v) is 5.10. The summed E-state index contributed by atoms with van der Waals surface area (Å²) < 4.78 is 6.92. The highest BCUT2D eigenvalue weighted by molar-refractivity contribution is 5.93. The summed E-state index contributed by atoms with van der Waals surface area (Å²) in [5, 5.41) is 2.76. The predicted molar refractivity (Wildman–Crippen MR) is 77.4 cm³/mol. The standard InChI is InChI=1S/C15H17N3O3/c19-14(17-9-11-5-2-4-8-21-11)12-10-16-13-6-1-3-7-18(13)15(12)20/h1,3,6-7,10-11H,2,4-5,8-9H2,(H,17,19). The number of pyridine rings is 1. The van der Waals surface area contributed by atoms with Crippen molar-refractivity contribution in [3.05, 3.63) is 46.5 Å². The van der Waals surface area contributed by atoms with E-state index < -0.39 is 5.91 Å². The monoisotopic (exact) mass is 287 g/mol. The van der Waals surface area contributed by atoms with E-state index in [0.717, 1.165) is 25.9 Å². The van der Waals surface area contributed by atoms with Gasteiger partial charge in [-0.1, -0.05) is 6.07 Å². The molecular formula is C15H17N3O3. The van der Waals surface area contributed by atoms with E-state index in [1.807, 2.05) is 0 Å². The van der Waals surface area contributed by atoms with E-state index >= 15 is 0 Å². The lowest BCUT2D eigenvalue weighted by Gasteiger charge is -2.22. The molecule has 1 N–H and O–H groups in total. The maximum absolute atomic E-state index is 12.3. The lowest BCUT2D eigenvalue weighted by Crippen LogP contribution is -2.38. The number of aromatic nitrogens is 2. The fraction of sp³-hybridized carbons (Fsp3) is 0.400. The van der Waals surface area contributed by atoms with Crippen LogP contribution in [0.1, 0.15) is 29.6 Å². The highest BCUT2D eigenvalue weighted by Crippen LogP contribution is 2.11. The number of hydrogen-bond donors (Lipinski definition) is 1. The lowest BCUT2D eigenvalue weighted by atomic mass is 10.1. The number of hydrogen-bond acceptors (Lipinski definition) is 4. The van der Waals surface area contributed by atoms with Gasteiger partial charge < -0.3 is 10.1 Å². The Labute approximate surface area is 121 Å². The second-order valence-electron chi connectivity index (χ2n) is 5.10. The normalized spacial score (nSPS) is 18.6. The van der Waals surface area contributed by atoms with Gasteiger partial charge in [0.1, 0.15) is 11.2 Å². The number of nitrogens with zero attached hydrogens (tertiary/aromatic N) is 2. The summed E-state index contributed by atoms with van der Waals surface area (Å²) in [5.41, 5.74) is 0.215. The Morgan fingerprint density at radius 3 is 3.14 bits per heavy atom. The van der Waals surface area contributed by atoms with E-state index in [4.69, 9.17) is 4.74 Å². The molecule has 0 saturated carbocycles. The lowest BCUT2D eigenvalue weighted by molar-refractivity contribution is 0.0169. The molecule has 1 saturated heterocycles. The minimum absolute atomic E-state index is 0.0406. The Balaban J connectivity index is 1.75. The van der Waals surface area contributed by atoms with Gasteiger partial charge in [-0.2, -0.15) is 0 Å². The number of carbonyl (C=O) groups is 1. The van der Waals surface area contributed by atoms with Gasteiger partial charge in [0.05, 0.1) is 6.10 Å². The fourth-order valence-corrected chi connectivity index (χ4v) is 2.45. The molecule has 0 aromatic carbocycles. The van der Waals surface area contributed by atoms with E-state index in [-0.39, 0.29) is 17.2 Å². The van der Waals surface area contributed by atoms with E-state index in [9.17, 15) is 9.59 Å². The van der Waals surface area contributed by atoms with Crippen LogP contribution in [0.5, 0.6) is 0 Å². The van der Waals surface area contributed by atoms with Crippen LogP contribution in [0, 0.1) is 0 Å². The van der Waals surface area contributed by atoms with Crippen LogP contribution in [-0.2, 0) is 4.74 Å². The molecule has 0 bridgehead atoms. The summed E-state index contributed by atoms with van der Waals surface area (Å²) in [6.07, 6.45) is 6.09. The van der Waals surface area contributed by atoms with Gasteiger partial charge in [0.15, 0.2) is 0 Å². The molecule has 0 radical (unpaired) electrons. The molecule has 1 atom stereocenters. The van der Waals surface area contributed by atoms with Gasteiger partial charge in [-0.15, -0.1) is 0 Å². The summed E-state index contributed by atoms with van der Waals surface area (Å²) in [5.74, 6) is -0.403. The van der Waals surface area contributed by atoms with Crippen LogP contribution in [-0.4, -0.2) is 34.5 Å². The third-order valence-corrected chi connectivity index (χ3v) is 3.62. The van der Waals surface area contributed by atoms with Crippen molar-refractivity contribution >= 4 is 11.6 Å². The van der Waals surface area contributed by atoms with Crippen molar-refractivity contribution in [2.24, 2.45) is 0 Å². The molecule has 6 nitrogen and oxygen atoms in total. The summed E-state index contributed by atoms with van der Waals surface area (Å²) in [6, 6.07) is 5.24. The average Bonchev–Trinajstić information content (AvgIpc) is 2.54. The third-order valence-electron chi connectivity index (χ3n) is 3.62. The van der Waals surface area contributed by atoms with Crippen LogP contribution in [0.3, 0.4) is 0 Å². The molecule has 110 valence electrons. The van der Waals surface area contributed by atoms with Crippen molar-refractivity contribution in [2.75, 3.05) is 13.2 Å². The van der Waals surface area contributed by atoms with E-state index in [1.54, 1.807) is 24.4 Å². The fourth-order valence-electron chi connectivity index (χ4n) is 2.45. The number of ether oxygens (including phenoxy) is 1. The Morgan fingerprint density at radius 1 is 1.43 bits per heavy atom. The van der Waals surface area contributed by atoms with Gasteiger partial charge in [-0.05, 0) is 31.4 Å². The molecule has 1 fully saturated rings. The Bertz CT molecular complexity index is 705. The Morgan fingerprint density at radius 2 is 2.33 bits per heavy atom. The van der Waals surface area contributed by atoms with Crippen LogP contribution in [0.4, 0.5) is 0 Å². The minimum Gasteiger partial charge on any atom is -0.376 e. The second kappa shape index (κ2) is 6.05. The summed E-state index contributed by atoms with van der Waals surface area (Å²) >= 11 is 0. The van der Waals surface area contributed by atoms with Crippen LogP contribution >= 0.6 is 0 Å². The van der Waals surface area contributed by atoms with Crippen molar-refractivity contribution in [1.29, 1.82) is 0 Å². The first-order valence-corrected chi connectivity index (χ1v) is 7.12. The Hall–Kier alpha value is -2.21. The smallest absolute Gasteiger partial charge is 0.270 e. The highest BCUT2D eigenvalue weighted by Gasteiger charge is 2.17. The molecule has 1 aliphatic rings. The number of nitrogens with one attached hydrogen (secondary N) is 1. The van der Waals surface area contributed by atoms with E-state index in [2.05, 4.69) is 10.3 Å². The van der Waals surface area contributed by atoms with Crippen LogP contribution in [0.15, 0.2) is 35.4 Å². The molecule has 6 heteroatoms. The van der Waals surface area contributed by atoms with Crippen LogP contribution in [0.2, 0.25) is 0 Å². The molecule has 2 aromatic rings. The molecule has 3 rings (SSSR count). The molecule has 21 heavy (non-hydrogen) atoms. The first kappa shape index (κ1) is 13.8. The van der Waals surface area contributed by atoms with Gasteiger partial charge in [0.25, 0.3) is 11.5 Å². The van der Waals surface area contributed by atoms with Gasteiger partial charge >= 0.3 is 0 Å². The first-order valence-electron chi connectivity index (χ1n) is 7.12. The topological polar surface area (TPSA) is 72.7 Å².